The number of nitrogens with zero attached hydrogens (tertiary/aromatic N) is 1. The lowest BCUT2D eigenvalue weighted by atomic mass is 9.99. The van der Waals surface area contributed by atoms with E-state index in [1.807, 2.05) is 12.1 Å². The van der Waals surface area contributed by atoms with Crippen LogP contribution >= 0.6 is 11.6 Å². The third kappa shape index (κ3) is 4.14. The molecule has 0 aliphatic carbocycles. The summed E-state index contributed by atoms with van der Waals surface area (Å²) in [6.45, 7) is 0.608. The molecule has 0 spiro atoms. The number of esters is 1. The normalized spacial score (nSPS) is 12.9. The van der Waals surface area contributed by atoms with Crippen molar-refractivity contribution in [2.45, 2.75) is 13.0 Å². The average molecular weight is 405 g/mol. The molecule has 148 valence electrons. The van der Waals surface area contributed by atoms with Crippen LogP contribution in [0.1, 0.15) is 21.5 Å². The van der Waals surface area contributed by atoms with E-state index in [-0.39, 0.29) is 23.8 Å². The second-order valence-corrected chi connectivity index (χ2v) is 6.76. The maximum atomic E-state index is 12.5. The second kappa shape index (κ2) is 8.39. The van der Waals surface area contributed by atoms with Crippen LogP contribution in [0.25, 0.3) is 0 Å². The van der Waals surface area contributed by atoms with Gasteiger partial charge in [-0.05, 0) is 47.9 Å². The van der Waals surface area contributed by atoms with Gasteiger partial charge in [0, 0.05) is 13.1 Å². The highest BCUT2D eigenvalue weighted by Crippen LogP contribution is 2.33. The molecule has 0 radical (unpaired) electrons. The number of amides is 1. The second-order valence-electron chi connectivity index (χ2n) is 6.35. The highest BCUT2D eigenvalue weighted by molar-refractivity contribution is 6.33. The molecule has 0 bridgehead atoms. The molecule has 1 amide bonds. The number of rotatable bonds is 5. The Labute approximate surface area is 167 Å². The van der Waals surface area contributed by atoms with Gasteiger partial charge in [-0.25, -0.2) is 4.79 Å². The average Bonchev–Trinajstić information content (AvgIpc) is 2.72. The Morgan fingerprint density at radius 2 is 1.79 bits per heavy atom. The summed E-state index contributed by atoms with van der Waals surface area (Å²) < 4.78 is 15.8. The van der Waals surface area contributed by atoms with Crippen LogP contribution in [0.15, 0.2) is 30.3 Å². The van der Waals surface area contributed by atoms with Crippen LogP contribution in [0.5, 0.6) is 11.5 Å². The topological polar surface area (TPSA) is 91.1 Å². The Kier molecular flexibility index (Phi) is 5.94. The molecule has 2 N–H and O–H groups in total. The number of nitrogens with two attached hydrogens (primary N) is 1. The monoisotopic (exact) mass is 404 g/mol. The third-order valence-corrected chi connectivity index (χ3v) is 4.97. The minimum absolute atomic E-state index is 0.246. The van der Waals surface area contributed by atoms with E-state index in [1.165, 1.54) is 18.2 Å². The first-order chi connectivity index (χ1) is 13.4. The minimum atomic E-state index is -0.625. The van der Waals surface area contributed by atoms with Crippen LogP contribution in [0, 0.1) is 0 Å². The zero-order chi connectivity index (χ0) is 20.3. The Bertz CT molecular complexity index is 916. The van der Waals surface area contributed by atoms with Gasteiger partial charge in [0.25, 0.3) is 5.91 Å². The number of nitrogen functional groups attached to an aromatic ring is 1. The molecular weight excluding hydrogens is 384 g/mol. The summed E-state index contributed by atoms with van der Waals surface area (Å²) in [7, 11) is 3.16. The Morgan fingerprint density at radius 3 is 2.43 bits per heavy atom. The largest absolute Gasteiger partial charge is 0.493 e. The lowest BCUT2D eigenvalue weighted by Gasteiger charge is -2.29. The zero-order valence-electron chi connectivity index (χ0n) is 15.7. The molecule has 1 heterocycles. The zero-order valence-corrected chi connectivity index (χ0v) is 16.4. The van der Waals surface area contributed by atoms with Crippen LogP contribution in [-0.2, 0) is 22.5 Å². The number of benzene rings is 2. The van der Waals surface area contributed by atoms with Crippen LogP contribution in [0.4, 0.5) is 5.69 Å². The minimum Gasteiger partial charge on any atom is -0.493 e. The van der Waals surface area contributed by atoms with Crippen molar-refractivity contribution >= 4 is 29.2 Å². The quantitative estimate of drug-likeness (QED) is 0.608. The lowest BCUT2D eigenvalue weighted by molar-refractivity contribution is -0.135. The van der Waals surface area contributed by atoms with Crippen molar-refractivity contribution in [1.82, 2.24) is 4.90 Å². The number of halogens is 1. The predicted molar refractivity (Wildman–Crippen MR) is 105 cm³/mol. The van der Waals surface area contributed by atoms with Gasteiger partial charge < -0.3 is 24.8 Å². The molecule has 0 aromatic heterocycles. The van der Waals surface area contributed by atoms with Gasteiger partial charge in [-0.15, -0.1) is 0 Å². The van der Waals surface area contributed by atoms with Crippen molar-refractivity contribution in [3.05, 3.63) is 52.0 Å². The Balaban J connectivity index is 1.63. The number of anilines is 1. The van der Waals surface area contributed by atoms with Crippen LogP contribution in [0.3, 0.4) is 0 Å². The highest BCUT2D eigenvalue weighted by atomic mass is 35.5. The number of hydrogen-bond acceptors (Lipinski definition) is 6. The van der Waals surface area contributed by atoms with E-state index in [1.54, 1.807) is 19.1 Å². The van der Waals surface area contributed by atoms with Gasteiger partial charge in [0.15, 0.2) is 18.1 Å². The van der Waals surface area contributed by atoms with Gasteiger partial charge in [-0.3, -0.25) is 4.79 Å². The maximum Gasteiger partial charge on any atom is 0.338 e. The summed E-state index contributed by atoms with van der Waals surface area (Å²) in [5.41, 5.74) is 8.30. The molecule has 2 aromatic rings. The van der Waals surface area contributed by atoms with E-state index >= 15 is 0 Å². The fourth-order valence-corrected chi connectivity index (χ4v) is 3.19. The smallest absolute Gasteiger partial charge is 0.338 e. The van der Waals surface area contributed by atoms with Gasteiger partial charge in [0.2, 0.25) is 0 Å². The van der Waals surface area contributed by atoms with Crippen LogP contribution < -0.4 is 15.2 Å². The molecule has 28 heavy (non-hydrogen) atoms. The molecule has 2 aromatic carbocycles. The number of hydrogen-bond donors (Lipinski definition) is 1. The summed E-state index contributed by atoms with van der Waals surface area (Å²) in [4.78, 5) is 26.3. The van der Waals surface area contributed by atoms with Gasteiger partial charge in [0.05, 0.1) is 30.5 Å². The van der Waals surface area contributed by atoms with E-state index in [4.69, 9.17) is 31.5 Å². The van der Waals surface area contributed by atoms with Crippen molar-refractivity contribution in [1.29, 1.82) is 0 Å². The summed E-state index contributed by atoms with van der Waals surface area (Å²) in [5, 5.41) is 0.353. The first-order valence-corrected chi connectivity index (χ1v) is 9.04. The van der Waals surface area contributed by atoms with Gasteiger partial charge in [-0.1, -0.05) is 11.6 Å². The first-order valence-electron chi connectivity index (χ1n) is 8.66. The van der Waals surface area contributed by atoms with Crippen LogP contribution in [0.2, 0.25) is 5.02 Å². The first kappa shape index (κ1) is 19.8. The third-order valence-electron chi connectivity index (χ3n) is 4.63. The fraction of sp³-hybridized carbons (Fsp3) is 0.300. The fourth-order valence-electron chi connectivity index (χ4n) is 3.07. The van der Waals surface area contributed by atoms with Crippen molar-refractivity contribution < 1.29 is 23.8 Å². The number of ether oxygens (including phenoxy) is 3. The molecule has 8 heteroatoms. The number of carbonyl (C=O) groups excluding carboxylic acids is 2. The van der Waals surface area contributed by atoms with Gasteiger partial charge in [0.1, 0.15) is 0 Å². The number of fused-ring (bicyclic) bond motifs is 1. The van der Waals surface area contributed by atoms with E-state index in [0.717, 1.165) is 11.1 Å². The SMILES string of the molecule is COc1cc2c(cc1OC)CN(C(=O)COC(=O)c1ccc(Cl)c(N)c1)CC2. The number of methoxy groups -OCH3 is 2. The standard InChI is InChI=1S/C20H21ClN2O5/c1-26-17-8-12-5-6-23(10-14(12)9-18(17)27-2)19(24)11-28-20(25)13-3-4-15(21)16(22)7-13/h3-4,7-9H,5-6,10-11,22H2,1-2H3. The van der Waals surface area contributed by atoms with E-state index in [2.05, 4.69) is 0 Å². The van der Waals surface area contributed by atoms with Crippen molar-refractivity contribution in [2.24, 2.45) is 0 Å². The highest BCUT2D eigenvalue weighted by Gasteiger charge is 2.24. The van der Waals surface area contributed by atoms with Crippen molar-refractivity contribution in [3.8, 4) is 11.5 Å². The summed E-state index contributed by atoms with van der Waals surface area (Å²) in [6.07, 6.45) is 0.684. The molecule has 0 fully saturated rings. The molecule has 7 nitrogen and oxygen atoms in total. The number of carbonyl (C=O) groups is 2. The van der Waals surface area contributed by atoms with Gasteiger partial charge >= 0.3 is 5.97 Å². The van der Waals surface area contributed by atoms with Crippen molar-refractivity contribution in [3.63, 3.8) is 0 Å². The molecule has 3 rings (SSSR count). The Morgan fingerprint density at radius 1 is 1.11 bits per heavy atom. The summed E-state index contributed by atoms with van der Waals surface area (Å²) in [6, 6.07) is 8.24. The molecule has 1 aliphatic heterocycles. The van der Waals surface area contributed by atoms with E-state index < -0.39 is 5.97 Å². The maximum absolute atomic E-state index is 12.5. The lowest BCUT2D eigenvalue weighted by Crippen LogP contribution is -2.38. The van der Waals surface area contributed by atoms with Crippen LogP contribution in [-0.4, -0.2) is 44.1 Å². The molecule has 0 unspecified atom stereocenters. The molecule has 0 atom stereocenters. The predicted octanol–water partition coefficient (Wildman–Crippen LogP) is 2.68. The molecular formula is C20H21ClN2O5. The van der Waals surface area contributed by atoms with Gasteiger partial charge in [-0.2, -0.15) is 0 Å². The molecule has 0 saturated heterocycles. The van der Waals surface area contributed by atoms with E-state index in [0.29, 0.717) is 36.0 Å². The molecule has 0 saturated carbocycles. The Hall–Kier alpha value is -2.93. The molecule has 1 aliphatic rings. The van der Waals surface area contributed by atoms with E-state index in [9.17, 15) is 9.59 Å². The van der Waals surface area contributed by atoms with Crippen molar-refractivity contribution in [2.75, 3.05) is 33.1 Å². The summed E-state index contributed by atoms with van der Waals surface area (Å²) >= 11 is 5.84. The summed E-state index contributed by atoms with van der Waals surface area (Å²) in [5.74, 6) is 0.385.